The van der Waals surface area contributed by atoms with Crippen LogP contribution in [0.25, 0.3) is 27.8 Å². The van der Waals surface area contributed by atoms with Crippen molar-refractivity contribution in [2.24, 2.45) is 0 Å². The van der Waals surface area contributed by atoms with Gasteiger partial charge in [-0.25, -0.2) is 4.98 Å². The van der Waals surface area contributed by atoms with E-state index in [1.54, 1.807) is 18.3 Å². The monoisotopic (exact) mass is 403 g/mol. The average Bonchev–Trinajstić information content (AvgIpc) is 3.23. The van der Waals surface area contributed by atoms with Crippen LogP contribution < -0.4 is 5.56 Å². The molecule has 0 spiro atoms. The fourth-order valence-corrected chi connectivity index (χ4v) is 3.30. The number of nitrogens with zero attached hydrogens (tertiary/aromatic N) is 4. The molecular weight excluding hydrogens is 386 g/mol. The molecular formula is C21H17N5O4. The first-order valence-electron chi connectivity index (χ1n) is 9.50. The average molecular weight is 403 g/mol. The van der Waals surface area contributed by atoms with Gasteiger partial charge in [0.15, 0.2) is 5.76 Å². The van der Waals surface area contributed by atoms with E-state index in [0.29, 0.717) is 40.8 Å². The van der Waals surface area contributed by atoms with Gasteiger partial charge in [0.2, 0.25) is 17.6 Å². The highest BCUT2D eigenvalue weighted by molar-refractivity contribution is 5.83. The number of hydrogen-bond acceptors (Lipinski definition) is 8. The van der Waals surface area contributed by atoms with Gasteiger partial charge in [-0.1, -0.05) is 11.2 Å². The molecule has 2 N–H and O–H groups in total. The molecule has 0 bridgehead atoms. The molecule has 0 atom stereocenters. The molecule has 1 aromatic carbocycles. The molecule has 3 aromatic heterocycles. The van der Waals surface area contributed by atoms with Crippen LogP contribution in [0.5, 0.6) is 5.88 Å². The number of hydrogen-bond donors (Lipinski definition) is 2. The molecule has 4 aromatic rings. The van der Waals surface area contributed by atoms with Gasteiger partial charge < -0.3 is 19.4 Å². The van der Waals surface area contributed by atoms with Gasteiger partial charge in [-0.15, -0.1) is 0 Å². The molecule has 1 aliphatic heterocycles. The molecule has 1 aliphatic rings. The number of aromatic nitrogens is 5. The summed E-state index contributed by atoms with van der Waals surface area (Å²) in [5.41, 5.74) is 1.89. The summed E-state index contributed by atoms with van der Waals surface area (Å²) in [5.74, 6) is 1.74. The van der Waals surface area contributed by atoms with Crippen LogP contribution in [0.2, 0.25) is 0 Å². The predicted molar refractivity (Wildman–Crippen MR) is 108 cm³/mol. The smallest absolute Gasteiger partial charge is 0.280 e. The minimum absolute atomic E-state index is 0.0563. The molecule has 5 rings (SSSR count). The highest BCUT2D eigenvalue weighted by Crippen LogP contribution is 2.23. The fourth-order valence-electron chi connectivity index (χ4n) is 3.30. The highest BCUT2D eigenvalue weighted by Gasteiger charge is 2.16. The van der Waals surface area contributed by atoms with E-state index in [9.17, 15) is 9.90 Å². The summed E-state index contributed by atoms with van der Waals surface area (Å²) in [7, 11) is 0. The molecule has 30 heavy (non-hydrogen) atoms. The summed E-state index contributed by atoms with van der Waals surface area (Å²) < 4.78 is 10.8. The van der Waals surface area contributed by atoms with Gasteiger partial charge in [-0.2, -0.15) is 9.97 Å². The third kappa shape index (κ3) is 3.52. The van der Waals surface area contributed by atoms with E-state index in [4.69, 9.17) is 9.26 Å². The molecule has 0 fully saturated rings. The van der Waals surface area contributed by atoms with E-state index in [1.165, 1.54) is 6.07 Å². The summed E-state index contributed by atoms with van der Waals surface area (Å²) in [5, 5.41) is 13.7. The summed E-state index contributed by atoms with van der Waals surface area (Å²) >= 11 is 0. The van der Waals surface area contributed by atoms with Gasteiger partial charge in [-0.05, 0) is 42.7 Å². The van der Waals surface area contributed by atoms with Gasteiger partial charge >= 0.3 is 0 Å². The van der Waals surface area contributed by atoms with Crippen molar-refractivity contribution in [2.45, 2.75) is 19.3 Å². The molecule has 0 saturated heterocycles. The molecule has 150 valence electrons. The van der Waals surface area contributed by atoms with Crippen LogP contribution in [0.1, 0.15) is 30.4 Å². The summed E-state index contributed by atoms with van der Waals surface area (Å²) in [4.78, 5) is 28.1. The van der Waals surface area contributed by atoms with Crippen LogP contribution in [0.4, 0.5) is 0 Å². The SMILES string of the molecule is O=c1nc(Cc2nc(C3=CCCCO3)no2)[nH]c2ccc(-c3ccc(O)nc3)cc12. The lowest BCUT2D eigenvalue weighted by Gasteiger charge is -2.10. The lowest BCUT2D eigenvalue weighted by atomic mass is 10.1. The molecule has 9 heteroatoms. The van der Waals surface area contributed by atoms with Crippen LogP contribution in [-0.2, 0) is 11.2 Å². The Morgan fingerprint density at radius 2 is 2.03 bits per heavy atom. The number of benzene rings is 1. The van der Waals surface area contributed by atoms with Gasteiger partial charge in [0, 0.05) is 17.8 Å². The molecule has 0 unspecified atom stereocenters. The maximum Gasteiger partial charge on any atom is 0.280 e. The molecule has 0 saturated carbocycles. The third-order valence-corrected chi connectivity index (χ3v) is 4.79. The lowest BCUT2D eigenvalue weighted by molar-refractivity contribution is 0.254. The number of pyridine rings is 1. The summed E-state index contributed by atoms with van der Waals surface area (Å²) in [6.45, 7) is 0.636. The van der Waals surface area contributed by atoms with Gasteiger partial charge in [-0.3, -0.25) is 4.79 Å². The van der Waals surface area contributed by atoms with Crippen molar-refractivity contribution in [3.05, 3.63) is 70.5 Å². The van der Waals surface area contributed by atoms with E-state index in [-0.39, 0.29) is 17.9 Å². The van der Waals surface area contributed by atoms with Gasteiger partial charge in [0.05, 0.1) is 23.9 Å². The Hall–Kier alpha value is -4.01. The van der Waals surface area contributed by atoms with E-state index < -0.39 is 0 Å². The highest BCUT2D eigenvalue weighted by atomic mass is 16.5. The zero-order chi connectivity index (χ0) is 20.5. The molecule has 4 heterocycles. The number of H-pyrrole nitrogens is 1. The number of nitrogens with one attached hydrogen (secondary N) is 1. The van der Waals surface area contributed by atoms with Crippen molar-refractivity contribution in [3.8, 4) is 17.0 Å². The number of ether oxygens (including phenoxy) is 1. The second kappa shape index (κ2) is 7.43. The van der Waals surface area contributed by atoms with Crippen LogP contribution in [0.15, 0.2) is 51.9 Å². The first kappa shape index (κ1) is 18.0. The van der Waals surface area contributed by atoms with Gasteiger partial charge in [0.25, 0.3) is 5.56 Å². The predicted octanol–water partition coefficient (Wildman–Crippen LogP) is 2.82. The number of aromatic hydroxyl groups is 1. The number of fused-ring (bicyclic) bond motifs is 1. The topological polar surface area (TPSA) is 127 Å². The Morgan fingerprint density at radius 1 is 1.13 bits per heavy atom. The van der Waals surface area contributed by atoms with Crippen LogP contribution in [-0.4, -0.2) is 36.8 Å². The van der Waals surface area contributed by atoms with Crippen molar-refractivity contribution in [2.75, 3.05) is 6.61 Å². The van der Waals surface area contributed by atoms with Crippen LogP contribution >= 0.6 is 0 Å². The first-order valence-corrected chi connectivity index (χ1v) is 9.50. The Morgan fingerprint density at radius 3 is 2.83 bits per heavy atom. The second-order valence-corrected chi connectivity index (χ2v) is 6.90. The fraction of sp³-hybridized carbons (Fsp3) is 0.190. The third-order valence-electron chi connectivity index (χ3n) is 4.79. The summed E-state index contributed by atoms with van der Waals surface area (Å²) in [6, 6.07) is 8.66. The Labute approximate surface area is 170 Å². The van der Waals surface area contributed by atoms with Crippen molar-refractivity contribution >= 4 is 16.7 Å². The minimum Gasteiger partial charge on any atom is -0.493 e. The van der Waals surface area contributed by atoms with Crippen molar-refractivity contribution in [1.29, 1.82) is 0 Å². The quantitative estimate of drug-likeness (QED) is 0.532. The number of rotatable bonds is 4. The van der Waals surface area contributed by atoms with Crippen LogP contribution in [0, 0.1) is 0 Å². The zero-order valence-electron chi connectivity index (χ0n) is 15.8. The maximum absolute atomic E-state index is 12.6. The standard InChI is InChI=1S/C21H17N5O4/c27-18-7-5-13(11-22-18)12-4-6-15-14(9-12)21(28)24-17(23-15)10-19-25-20(26-30-19)16-3-1-2-8-29-16/h3-7,9,11H,1-2,8,10H2,(H,22,27)(H,23,24,28). The molecule has 9 nitrogen and oxygen atoms in total. The van der Waals surface area contributed by atoms with Crippen molar-refractivity contribution in [3.63, 3.8) is 0 Å². The zero-order valence-corrected chi connectivity index (χ0v) is 15.8. The van der Waals surface area contributed by atoms with Crippen molar-refractivity contribution in [1.82, 2.24) is 25.1 Å². The van der Waals surface area contributed by atoms with E-state index in [0.717, 1.165) is 24.0 Å². The Kier molecular flexibility index (Phi) is 4.47. The minimum atomic E-state index is -0.356. The van der Waals surface area contributed by atoms with Crippen molar-refractivity contribution < 1.29 is 14.4 Å². The maximum atomic E-state index is 12.6. The Balaban J connectivity index is 1.43. The van der Waals surface area contributed by atoms with Gasteiger partial charge in [0.1, 0.15) is 5.82 Å². The van der Waals surface area contributed by atoms with E-state index in [1.807, 2.05) is 18.2 Å². The Bertz CT molecular complexity index is 1310. The summed E-state index contributed by atoms with van der Waals surface area (Å²) in [6.07, 6.45) is 5.58. The molecule has 0 aliphatic carbocycles. The largest absolute Gasteiger partial charge is 0.493 e. The lowest BCUT2D eigenvalue weighted by Crippen LogP contribution is -2.12. The molecule has 0 radical (unpaired) electrons. The van der Waals surface area contributed by atoms with Crippen LogP contribution in [0.3, 0.4) is 0 Å². The van der Waals surface area contributed by atoms with E-state index >= 15 is 0 Å². The van der Waals surface area contributed by atoms with E-state index in [2.05, 4.69) is 25.1 Å². The molecule has 0 amide bonds. The first-order chi connectivity index (χ1) is 14.7. The number of aromatic amines is 1. The normalized spacial score (nSPS) is 13.8. The number of allylic oxidation sites excluding steroid dienone is 1. The second-order valence-electron chi connectivity index (χ2n) is 6.90.